The molecule has 0 spiro atoms. The average molecular weight is 503 g/mol. The molecule has 1 aromatic heterocycles. The van der Waals surface area contributed by atoms with Gasteiger partial charge >= 0.3 is 6.03 Å². The van der Waals surface area contributed by atoms with Gasteiger partial charge in [-0.2, -0.15) is 0 Å². The predicted molar refractivity (Wildman–Crippen MR) is 151 cm³/mol. The number of pyridine rings is 1. The highest BCUT2D eigenvalue weighted by molar-refractivity contribution is 5.84. The Morgan fingerprint density at radius 3 is 2.46 bits per heavy atom. The van der Waals surface area contributed by atoms with E-state index in [0.29, 0.717) is 13.1 Å². The molecule has 2 N–H and O–H groups in total. The van der Waals surface area contributed by atoms with Gasteiger partial charge in [0.2, 0.25) is 5.91 Å². The van der Waals surface area contributed by atoms with Gasteiger partial charge in [0, 0.05) is 31.7 Å². The number of rotatable bonds is 10. The molecular formula is C31H42N4O2. The van der Waals surface area contributed by atoms with Crippen LogP contribution in [0.15, 0.2) is 54.7 Å². The van der Waals surface area contributed by atoms with Gasteiger partial charge in [0.05, 0.1) is 18.2 Å². The van der Waals surface area contributed by atoms with Crippen molar-refractivity contribution in [1.82, 2.24) is 20.5 Å². The molecule has 6 nitrogen and oxygen atoms in total. The second kappa shape index (κ2) is 12.7. The first kappa shape index (κ1) is 28.2. The van der Waals surface area contributed by atoms with Crippen LogP contribution in [0.25, 0.3) is 10.8 Å². The zero-order chi connectivity index (χ0) is 27.0. The minimum Gasteiger partial charge on any atom is -0.354 e. The van der Waals surface area contributed by atoms with E-state index in [-0.39, 0.29) is 29.8 Å². The van der Waals surface area contributed by atoms with E-state index in [1.54, 1.807) is 11.1 Å². The summed E-state index contributed by atoms with van der Waals surface area (Å²) in [6, 6.07) is 15.9. The number of hydrogen-bond acceptors (Lipinski definition) is 3. The van der Waals surface area contributed by atoms with Gasteiger partial charge in [-0.1, -0.05) is 69.7 Å². The summed E-state index contributed by atoms with van der Waals surface area (Å²) in [6.45, 7) is 11.7. The first-order chi connectivity index (χ1) is 17.5. The number of nitrogens with one attached hydrogen (secondary N) is 2. The minimum atomic E-state index is -0.132. The summed E-state index contributed by atoms with van der Waals surface area (Å²) in [7, 11) is 1.82. The Balaban J connectivity index is 1.60. The van der Waals surface area contributed by atoms with Gasteiger partial charge in [0.25, 0.3) is 0 Å². The third-order valence-electron chi connectivity index (χ3n) is 7.04. The Morgan fingerprint density at radius 2 is 1.73 bits per heavy atom. The quantitative estimate of drug-likeness (QED) is 0.360. The van der Waals surface area contributed by atoms with E-state index in [4.69, 9.17) is 0 Å². The van der Waals surface area contributed by atoms with E-state index < -0.39 is 0 Å². The number of carbonyl (C=O) groups is 2. The number of amides is 3. The predicted octanol–water partition coefficient (Wildman–Crippen LogP) is 5.94. The highest BCUT2D eigenvalue weighted by Gasteiger charge is 2.22. The summed E-state index contributed by atoms with van der Waals surface area (Å²) < 4.78 is 0. The Bertz CT molecular complexity index is 1220. The molecule has 0 saturated heterocycles. The van der Waals surface area contributed by atoms with Crippen molar-refractivity contribution < 1.29 is 9.59 Å². The molecule has 3 rings (SSSR count). The molecule has 0 radical (unpaired) electrons. The number of carbonyl (C=O) groups excluding carboxylic acids is 2. The number of aryl methyl sites for hydroxylation is 1. The lowest BCUT2D eigenvalue weighted by Gasteiger charge is -2.30. The lowest BCUT2D eigenvalue weighted by molar-refractivity contribution is -0.120. The topological polar surface area (TPSA) is 74.3 Å². The molecule has 0 saturated carbocycles. The normalized spacial score (nSPS) is 12.3. The Hall–Kier alpha value is -3.41. The highest BCUT2D eigenvalue weighted by atomic mass is 16.2. The van der Waals surface area contributed by atoms with Crippen molar-refractivity contribution in [3.8, 4) is 0 Å². The van der Waals surface area contributed by atoms with Gasteiger partial charge < -0.3 is 15.5 Å². The standard InChI is InChI=1S/C31H42N4O2/c1-22-11-9-14-25(23(22)2)19-34-30(37)35(6)28(15-10-16-31(3,4)5)21-33-29(36)18-27-17-24-12-7-8-13-26(24)20-32-27/h7-9,11-14,17,20,28H,10,15-16,18-19,21H2,1-6H3,(H,33,36)(H,34,37). The molecule has 0 bridgehead atoms. The van der Waals surface area contributed by atoms with E-state index in [1.165, 1.54) is 11.1 Å². The van der Waals surface area contributed by atoms with E-state index in [9.17, 15) is 9.59 Å². The van der Waals surface area contributed by atoms with E-state index >= 15 is 0 Å². The van der Waals surface area contributed by atoms with Crippen LogP contribution in [0.4, 0.5) is 4.79 Å². The van der Waals surface area contributed by atoms with Crippen molar-refractivity contribution in [2.24, 2.45) is 5.41 Å². The Kier molecular flexibility index (Phi) is 9.67. The number of urea groups is 1. The van der Waals surface area contributed by atoms with Crippen LogP contribution in [0.3, 0.4) is 0 Å². The van der Waals surface area contributed by atoms with Crippen molar-refractivity contribution in [3.63, 3.8) is 0 Å². The fourth-order valence-electron chi connectivity index (χ4n) is 4.45. The van der Waals surface area contributed by atoms with Crippen molar-refractivity contribution in [2.75, 3.05) is 13.6 Å². The second-order valence-electron chi connectivity index (χ2n) is 11.2. The maximum absolute atomic E-state index is 13.1. The first-order valence-corrected chi connectivity index (χ1v) is 13.2. The van der Waals surface area contributed by atoms with Crippen LogP contribution in [0.2, 0.25) is 0 Å². The van der Waals surface area contributed by atoms with Gasteiger partial charge in [-0.15, -0.1) is 0 Å². The van der Waals surface area contributed by atoms with Crippen LogP contribution in [0.1, 0.15) is 62.4 Å². The molecule has 2 aromatic carbocycles. The molecule has 1 heterocycles. The SMILES string of the molecule is Cc1cccc(CNC(=O)N(C)C(CCCC(C)(C)C)CNC(=O)Cc2cc3ccccc3cn2)c1C. The lowest BCUT2D eigenvalue weighted by Crippen LogP contribution is -2.48. The lowest BCUT2D eigenvalue weighted by atomic mass is 9.89. The Morgan fingerprint density at radius 1 is 1.00 bits per heavy atom. The number of fused-ring (bicyclic) bond motifs is 1. The molecule has 0 aliphatic carbocycles. The van der Waals surface area contributed by atoms with Gasteiger partial charge in [0.1, 0.15) is 0 Å². The Labute approximate surface area is 221 Å². The summed E-state index contributed by atoms with van der Waals surface area (Å²) in [5.41, 5.74) is 4.48. The zero-order valence-corrected chi connectivity index (χ0v) is 23.2. The van der Waals surface area contributed by atoms with Crippen LogP contribution in [-0.4, -0.2) is 41.5 Å². The van der Waals surface area contributed by atoms with Crippen LogP contribution in [-0.2, 0) is 17.8 Å². The largest absolute Gasteiger partial charge is 0.354 e. The second-order valence-corrected chi connectivity index (χ2v) is 11.2. The third kappa shape index (κ3) is 8.59. The first-order valence-electron chi connectivity index (χ1n) is 13.2. The minimum absolute atomic E-state index is 0.0900. The molecule has 3 aromatic rings. The van der Waals surface area contributed by atoms with Gasteiger partial charge in [-0.05, 0) is 60.2 Å². The van der Waals surface area contributed by atoms with Crippen molar-refractivity contribution in [1.29, 1.82) is 0 Å². The zero-order valence-electron chi connectivity index (χ0n) is 23.2. The smallest absolute Gasteiger partial charge is 0.317 e. The van der Waals surface area contributed by atoms with Crippen LogP contribution >= 0.6 is 0 Å². The van der Waals surface area contributed by atoms with Crippen LogP contribution < -0.4 is 10.6 Å². The van der Waals surface area contributed by atoms with Crippen molar-refractivity contribution in [3.05, 3.63) is 77.1 Å². The van der Waals surface area contributed by atoms with E-state index in [0.717, 1.165) is 41.3 Å². The summed E-state index contributed by atoms with van der Waals surface area (Å²) in [5, 5.41) is 8.24. The molecular weight excluding hydrogens is 460 g/mol. The molecule has 37 heavy (non-hydrogen) atoms. The van der Waals surface area contributed by atoms with Crippen LogP contribution in [0, 0.1) is 19.3 Å². The number of aromatic nitrogens is 1. The van der Waals surface area contributed by atoms with Crippen LogP contribution in [0.5, 0.6) is 0 Å². The van der Waals surface area contributed by atoms with Gasteiger partial charge in [-0.3, -0.25) is 9.78 Å². The fourth-order valence-corrected chi connectivity index (χ4v) is 4.45. The number of benzene rings is 2. The monoisotopic (exact) mass is 502 g/mol. The number of nitrogens with zero attached hydrogens (tertiary/aromatic N) is 2. The molecule has 6 heteroatoms. The van der Waals surface area contributed by atoms with Gasteiger partial charge in [-0.25, -0.2) is 4.79 Å². The maximum Gasteiger partial charge on any atom is 0.317 e. The summed E-state index contributed by atoms with van der Waals surface area (Å²) >= 11 is 0. The summed E-state index contributed by atoms with van der Waals surface area (Å²) in [4.78, 5) is 32.0. The highest BCUT2D eigenvalue weighted by Crippen LogP contribution is 2.23. The number of hydrogen-bond donors (Lipinski definition) is 2. The summed E-state index contributed by atoms with van der Waals surface area (Å²) in [5.74, 6) is -0.0900. The third-order valence-corrected chi connectivity index (χ3v) is 7.04. The molecule has 3 amide bonds. The molecule has 1 unspecified atom stereocenters. The van der Waals surface area contributed by atoms with E-state index in [1.807, 2.05) is 49.5 Å². The van der Waals surface area contributed by atoms with E-state index in [2.05, 4.69) is 56.3 Å². The van der Waals surface area contributed by atoms with Crippen molar-refractivity contribution >= 4 is 22.7 Å². The molecule has 0 aliphatic heterocycles. The number of likely N-dealkylation sites (N-methyl/N-ethyl adjacent to an activating group) is 1. The van der Waals surface area contributed by atoms with Crippen molar-refractivity contribution in [2.45, 2.75) is 72.9 Å². The summed E-state index contributed by atoms with van der Waals surface area (Å²) in [6.07, 6.45) is 4.86. The maximum atomic E-state index is 13.1. The molecule has 0 fully saturated rings. The molecule has 0 aliphatic rings. The van der Waals surface area contributed by atoms with Gasteiger partial charge in [0.15, 0.2) is 0 Å². The fraction of sp³-hybridized carbons (Fsp3) is 0.452. The molecule has 1 atom stereocenters. The molecule has 198 valence electrons. The average Bonchev–Trinajstić information content (AvgIpc) is 2.85.